The Morgan fingerprint density at radius 3 is 2.37 bits per heavy atom. The molecule has 0 amide bonds. The Bertz CT molecular complexity index is 1260. The van der Waals surface area contributed by atoms with Crippen LogP contribution in [0.4, 0.5) is 0 Å². The van der Waals surface area contributed by atoms with Gasteiger partial charge in [-0.15, -0.1) is 0 Å². The predicted octanol–water partition coefficient (Wildman–Crippen LogP) is 6.33. The number of nitrogens with one attached hydrogen (secondary N) is 1. The number of hydrogen-bond acceptors (Lipinski definition) is 1. The van der Waals surface area contributed by atoms with Crippen molar-refractivity contribution in [3.05, 3.63) is 95.4 Å². The molecule has 0 aliphatic rings. The molecule has 130 valence electrons. The maximum atomic E-state index is 6.54. The Morgan fingerprint density at radius 2 is 1.56 bits per heavy atom. The molecule has 0 saturated carbocycles. The van der Waals surface area contributed by atoms with Crippen LogP contribution in [0.2, 0.25) is 5.02 Å². The zero-order chi connectivity index (χ0) is 18.2. The van der Waals surface area contributed by atoms with Crippen molar-refractivity contribution in [3.8, 4) is 5.69 Å². The van der Waals surface area contributed by atoms with Crippen LogP contribution < -0.4 is 0 Å². The number of halogens is 1. The summed E-state index contributed by atoms with van der Waals surface area (Å²) in [6.07, 6.45) is 8.29. The lowest BCUT2D eigenvalue weighted by molar-refractivity contribution is 1.08. The fourth-order valence-electron chi connectivity index (χ4n) is 3.41. The molecule has 5 rings (SSSR count). The Labute approximate surface area is 161 Å². The topological polar surface area (TPSA) is 33.6 Å². The third kappa shape index (κ3) is 2.82. The number of aromatic nitrogens is 3. The van der Waals surface area contributed by atoms with Gasteiger partial charge in [-0.3, -0.25) is 5.10 Å². The molecule has 2 aromatic heterocycles. The third-order valence-corrected chi connectivity index (χ3v) is 5.10. The lowest BCUT2D eigenvalue weighted by Gasteiger charge is -2.09. The van der Waals surface area contributed by atoms with Crippen LogP contribution in [0.1, 0.15) is 11.3 Å². The molecule has 3 nitrogen and oxygen atoms in total. The minimum atomic E-state index is 0.710. The molecule has 1 N–H and O–H groups in total. The third-order valence-electron chi connectivity index (χ3n) is 4.77. The van der Waals surface area contributed by atoms with Gasteiger partial charge in [-0.05, 0) is 41.1 Å². The van der Waals surface area contributed by atoms with Crippen LogP contribution in [0.5, 0.6) is 0 Å². The predicted molar refractivity (Wildman–Crippen MR) is 113 cm³/mol. The van der Waals surface area contributed by atoms with Crippen LogP contribution in [0, 0.1) is 0 Å². The molecule has 0 spiro atoms. The van der Waals surface area contributed by atoms with Crippen LogP contribution >= 0.6 is 11.6 Å². The molecule has 0 fully saturated rings. The van der Waals surface area contributed by atoms with E-state index in [2.05, 4.69) is 51.4 Å². The highest BCUT2D eigenvalue weighted by molar-refractivity contribution is 6.32. The van der Waals surface area contributed by atoms with Crippen molar-refractivity contribution in [2.24, 2.45) is 0 Å². The highest BCUT2D eigenvalue weighted by Gasteiger charge is 2.08. The number of hydrogen-bond donors (Lipinski definition) is 1. The normalized spacial score (nSPS) is 11.7. The quantitative estimate of drug-likeness (QED) is 0.396. The first-order valence-corrected chi connectivity index (χ1v) is 9.14. The molecular weight excluding hydrogens is 354 g/mol. The molecule has 0 bridgehead atoms. The van der Waals surface area contributed by atoms with Crippen LogP contribution in [0.3, 0.4) is 0 Å². The maximum Gasteiger partial charge on any atom is 0.0927 e. The van der Waals surface area contributed by atoms with Crippen molar-refractivity contribution in [2.75, 3.05) is 0 Å². The standard InChI is InChI=1S/C23H16ClN3/c24-20-9-5-11-23(27-14-16-6-1-2-7-17(16)15-27)18(20)12-13-22-19-8-3-4-10-21(19)25-26-22/h1-15H,(H,25,26). The molecule has 0 radical (unpaired) electrons. The van der Waals surface area contributed by atoms with Gasteiger partial charge in [0.2, 0.25) is 0 Å². The Balaban J connectivity index is 1.62. The van der Waals surface area contributed by atoms with Gasteiger partial charge in [-0.2, -0.15) is 5.10 Å². The van der Waals surface area contributed by atoms with Crippen molar-refractivity contribution in [1.29, 1.82) is 0 Å². The summed E-state index contributed by atoms with van der Waals surface area (Å²) in [5.74, 6) is 0. The monoisotopic (exact) mass is 369 g/mol. The van der Waals surface area contributed by atoms with E-state index in [4.69, 9.17) is 11.6 Å². The zero-order valence-corrected chi connectivity index (χ0v) is 15.2. The molecule has 0 unspecified atom stereocenters. The van der Waals surface area contributed by atoms with Gasteiger partial charge in [0.1, 0.15) is 0 Å². The maximum absolute atomic E-state index is 6.54. The molecular formula is C23H16ClN3. The first-order valence-electron chi connectivity index (χ1n) is 8.76. The number of aromatic amines is 1. The van der Waals surface area contributed by atoms with Crippen LogP contribution in [0.25, 0.3) is 39.5 Å². The number of nitrogens with zero attached hydrogens (tertiary/aromatic N) is 2. The number of H-pyrrole nitrogens is 1. The second-order valence-corrected chi connectivity index (χ2v) is 6.86. The van der Waals surface area contributed by atoms with Crippen molar-refractivity contribution < 1.29 is 0 Å². The van der Waals surface area contributed by atoms with Gasteiger partial charge >= 0.3 is 0 Å². The van der Waals surface area contributed by atoms with Gasteiger partial charge < -0.3 is 4.57 Å². The van der Waals surface area contributed by atoms with E-state index >= 15 is 0 Å². The summed E-state index contributed by atoms with van der Waals surface area (Å²) in [6, 6.07) is 22.4. The van der Waals surface area contributed by atoms with E-state index < -0.39 is 0 Å². The largest absolute Gasteiger partial charge is 0.322 e. The first-order chi connectivity index (χ1) is 13.3. The number of fused-ring (bicyclic) bond motifs is 2. The van der Waals surface area contributed by atoms with E-state index in [1.807, 2.05) is 54.6 Å². The van der Waals surface area contributed by atoms with E-state index in [1.54, 1.807) is 0 Å². The van der Waals surface area contributed by atoms with E-state index in [0.29, 0.717) is 5.02 Å². The molecule has 27 heavy (non-hydrogen) atoms. The second-order valence-electron chi connectivity index (χ2n) is 6.45. The molecule has 0 saturated heterocycles. The molecule has 0 aliphatic heterocycles. The van der Waals surface area contributed by atoms with E-state index in [0.717, 1.165) is 27.8 Å². The Morgan fingerprint density at radius 1 is 0.815 bits per heavy atom. The van der Waals surface area contributed by atoms with E-state index in [1.165, 1.54) is 10.8 Å². The van der Waals surface area contributed by atoms with Crippen molar-refractivity contribution in [3.63, 3.8) is 0 Å². The summed E-state index contributed by atoms with van der Waals surface area (Å²) in [5, 5.41) is 11.7. The fraction of sp³-hybridized carbons (Fsp3) is 0. The fourth-order valence-corrected chi connectivity index (χ4v) is 3.64. The van der Waals surface area contributed by atoms with Crippen molar-refractivity contribution in [1.82, 2.24) is 14.8 Å². The highest BCUT2D eigenvalue weighted by Crippen LogP contribution is 2.28. The number of rotatable bonds is 3. The average molecular weight is 370 g/mol. The van der Waals surface area contributed by atoms with Crippen molar-refractivity contribution in [2.45, 2.75) is 0 Å². The SMILES string of the molecule is Clc1cccc(-n2cc3ccccc3c2)c1C=Cc1n[nH]c2ccccc12. The molecule has 2 heterocycles. The van der Waals surface area contributed by atoms with Gasteiger partial charge in [-0.1, -0.05) is 60.1 Å². The molecule has 5 aromatic rings. The van der Waals surface area contributed by atoms with Gasteiger partial charge in [0.25, 0.3) is 0 Å². The second kappa shape index (κ2) is 6.45. The lowest BCUT2D eigenvalue weighted by atomic mass is 10.1. The summed E-state index contributed by atoms with van der Waals surface area (Å²) in [7, 11) is 0. The average Bonchev–Trinajstić information content (AvgIpc) is 3.31. The van der Waals surface area contributed by atoms with Crippen LogP contribution in [-0.2, 0) is 0 Å². The highest BCUT2D eigenvalue weighted by atomic mass is 35.5. The summed E-state index contributed by atoms with van der Waals surface area (Å²) >= 11 is 6.54. The summed E-state index contributed by atoms with van der Waals surface area (Å²) < 4.78 is 2.12. The number of para-hydroxylation sites is 1. The van der Waals surface area contributed by atoms with Gasteiger partial charge in [0.15, 0.2) is 0 Å². The summed E-state index contributed by atoms with van der Waals surface area (Å²) in [6.45, 7) is 0. The molecule has 0 aliphatic carbocycles. The smallest absolute Gasteiger partial charge is 0.0927 e. The number of benzene rings is 3. The van der Waals surface area contributed by atoms with Gasteiger partial charge in [-0.25, -0.2) is 0 Å². The summed E-state index contributed by atoms with van der Waals surface area (Å²) in [4.78, 5) is 0. The zero-order valence-electron chi connectivity index (χ0n) is 14.4. The minimum Gasteiger partial charge on any atom is -0.322 e. The molecule has 0 atom stereocenters. The van der Waals surface area contributed by atoms with E-state index in [-0.39, 0.29) is 0 Å². The lowest BCUT2D eigenvalue weighted by Crippen LogP contribution is -1.94. The molecule has 3 aromatic carbocycles. The van der Waals surface area contributed by atoms with Crippen LogP contribution in [0.15, 0.2) is 79.1 Å². The Kier molecular flexibility index (Phi) is 3.80. The van der Waals surface area contributed by atoms with Gasteiger partial charge in [0, 0.05) is 28.4 Å². The summed E-state index contributed by atoms with van der Waals surface area (Å²) in [5.41, 5.74) is 3.92. The van der Waals surface area contributed by atoms with E-state index in [9.17, 15) is 0 Å². The minimum absolute atomic E-state index is 0.710. The molecule has 4 heteroatoms. The van der Waals surface area contributed by atoms with Crippen molar-refractivity contribution >= 4 is 45.4 Å². The Hall–Kier alpha value is -3.30. The van der Waals surface area contributed by atoms with Crippen LogP contribution in [-0.4, -0.2) is 14.8 Å². The van der Waals surface area contributed by atoms with Gasteiger partial charge in [0.05, 0.1) is 16.9 Å². The first kappa shape index (κ1) is 15.9.